The summed E-state index contributed by atoms with van der Waals surface area (Å²) in [5.74, 6) is -0.149. The van der Waals surface area contributed by atoms with E-state index in [1.165, 1.54) is 11.3 Å². The molecule has 3 heterocycles. The zero-order valence-corrected chi connectivity index (χ0v) is 16.5. The number of amides is 1. The van der Waals surface area contributed by atoms with Crippen LogP contribution in [0.4, 0.5) is 5.13 Å². The van der Waals surface area contributed by atoms with Crippen molar-refractivity contribution in [3.8, 4) is 0 Å². The number of aromatic nitrogens is 2. The van der Waals surface area contributed by atoms with Crippen LogP contribution in [-0.2, 0) is 11.3 Å². The number of hydrogen-bond acceptors (Lipinski definition) is 5. The van der Waals surface area contributed by atoms with Crippen molar-refractivity contribution in [2.45, 2.75) is 6.54 Å². The second kappa shape index (κ2) is 8.00. The number of halogens is 1. The zero-order chi connectivity index (χ0) is 18.6. The highest BCUT2D eigenvalue weighted by Gasteiger charge is 2.19. The van der Waals surface area contributed by atoms with Crippen LogP contribution in [0.5, 0.6) is 0 Å². The molecule has 0 fully saturated rings. The molecule has 4 nitrogen and oxygen atoms in total. The number of thiazole rings is 1. The Morgan fingerprint density at radius 3 is 2.81 bits per heavy atom. The minimum Gasteiger partial charge on any atom is -0.278 e. The molecule has 0 aliphatic rings. The van der Waals surface area contributed by atoms with E-state index >= 15 is 0 Å². The topological polar surface area (TPSA) is 46.1 Å². The Balaban J connectivity index is 1.70. The summed E-state index contributed by atoms with van der Waals surface area (Å²) in [6, 6.07) is 15.2. The summed E-state index contributed by atoms with van der Waals surface area (Å²) in [6.07, 6.45) is 5.11. The Labute approximate surface area is 169 Å². The molecule has 0 spiro atoms. The number of hydrogen-bond donors (Lipinski definition) is 0. The number of carbonyl (C=O) groups excluding carboxylic acids is 1. The number of rotatable bonds is 5. The van der Waals surface area contributed by atoms with Gasteiger partial charge in [-0.05, 0) is 41.8 Å². The van der Waals surface area contributed by atoms with E-state index in [2.05, 4.69) is 9.97 Å². The third-order valence-electron chi connectivity index (χ3n) is 3.84. The van der Waals surface area contributed by atoms with Gasteiger partial charge in [-0.1, -0.05) is 41.1 Å². The summed E-state index contributed by atoms with van der Waals surface area (Å²) in [5, 5.41) is 3.16. The largest absolute Gasteiger partial charge is 0.278 e. The minimum atomic E-state index is -0.149. The van der Waals surface area contributed by atoms with E-state index in [4.69, 9.17) is 11.6 Å². The predicted molar refractivity (Wildman–Crippen MR) is 113 cm³/mol. The number of nitrogens with zero attached hydrogens (tertiary/aromatic N) is 3. The maximum absolute atomic E-state index is 13.0. The molecule has 0 radical (unpaired) electrons. The Kier molecular flexibility index (Phi) is 5.29. The molecule has 1 aromatic carbocycles. The summed E-state index contributed by atoms with van der Waals surface area (Å²) in [7, 11) is 0. The third kappa shape index (κ3) is 4.08. The van der Waals surface area contributed by atoms with Crippen molar-refractivity contribution in [1.82, 2.24) is 9.97 Å². The number of carbonyl (C=O) groups is 1. The summed E-state index contributed by atoms with van der Waals surface area (Å²) in [6.45, 7) is 0.339. The first-order valence-corrected chi connectivity index (χ1v) is 10.3. The third-order valence-corrected chi connectivity index (χ3v) is 6.02. The van der Waals surface area contributed by atoms with Gasteiger partial charge in [-0.2, -0.15) is 0 Å². The van der Waals surface area contributed by atoms with Crippen LogP contribution in [0, 0.1) is 0 Å². The van der Waals surface area contributed by atoms with Crippen LogP contribution < -0.4 is 4.90 Å². The fraction of sp³-hybridized carbons (Fsp3) is 0.0500. The van der Waals surface area contributed by atoms with Crippen molar-refractivity contribution in [2.75, 3.05) is 4.90 Å². The first kappa shape index (κ1) is 17.9. The highest BCUT2D eigenvalue weighted by Crippen LogP contribution is 2.33. The van der Waals surface area contributed by atoms with Crippen molar-refractivity contribution in [1.29, 1.82) is 0 Å². The van der Waals surface area contributed by atoms with Crippen molar-refractivity contribution in [3.63, 3.8) is 0 Å². The van der Waals surface area contributed by atoms with Crippen LogP contribution >= 0.6 is 34.3 Å². The molecule has 0 saturated carbocycles. The maximum atomic E-state index is 13.0. The average molecular weight is 412 g/mol. The highest BCUT2D eigenvalue weighted by molar-refractivity contribution is 7.22. The van der Waals surface area contributed by atoms with Gasteiger partial charge >= 0.3 is 0 Å². The molecule has 0 bridgehead atoms. The van der Waals surface area contributed by atoms with E-state index in [0.717, 1.165) is 15.3 Å². The standard InChI is InChI=1S/C20H14ClN3OS2/c21-16-7-3-8-17-19(16)23-20(27-17)24(13-14-5-1-2-11-22-14)18(25)10-9-15-6-4-12-26-15/h1-12H,13H2. The van der Waals surface area contributed by atoms with Crippen LogP contribution in [0.25, 0.3) is 16.3 Å². The Morgan fingerprint density at radius 1 is 1.15 bits per heavy atom. The molecule has 0 aliphatic heterocycles. The van der Waals surface area contributed by atoms with Gasteiger partial charge in [0.15, 0.2) is 5.13 Å². The lowest BCUT2D eigenvalue weighted by Crippen LogP contribution is -2.29. The molecule has 0 aliphatic carbocycles. The second-order valence-electron chi connectivity index (χ2n) is 5.68. The van der Waals surface area contributed by atoms with Gasteiger partial charge < -0.3 is 0 Å². The van der Waals surface area contributed by atoms with Gasteiger partial charge in [0.05, 0.1) is 22.0 Å². The van der Waals surface area contributed by atoms with Gasteiger partial charge in [-0.15, -0.1) is 11.3 Å². The number of fused-ring (bicyclic) bond motifs is 1. The number of pyridine rings is 1. The van der Waals surface area contributed by atoms with Crippen LogP contribution in [0.2, 0.25) is 5.02 Å². The quantitative estimate of drug-likeness (QED) is 0.398. The number of anilines is 1. The number of thiophene rings is 1. The van der Waals surface area contributed by atoms with E-state index in [0.29, 0.717) is 22.2 Å². The van der Waals surface area contributed by atoms with E-state index in [1.807, 2.05) is 53.9 Å². The molecule has 134 valence electrons. The van der Waals surface area contributed by atoms with E-state index < -0.39 is 0 Å². The van der Waals surface area contributed by atoms with E-state index in [9.17, 15) is 4.79 Å². The molecule has 7 heteroatoms. The molecule has 4 rings (SSSR count). The van der Waals surface area contributed by atoms with Gasteiger partial charge in [0, 0.05) is 17.2 Å². The molecule has 0 N–H and O–H groups in total. The average Bonchev–Trinajstić information content (AvgIpc) is 3.35. The summed E-state index contributed by atoms with van der Waals surface area (Å²) >= 11 is 9.28. The fourth-order valence-electron chi connectivity index (χ4n) is 2.54. The molecule has 3 aromatic heterocycles. The molecular weight excluding hydrogens is 398 g/mol. The molecular formula is C20H14ClN3OS2. The van der Waals surface area contributed by atoms with Crippen LogP contribution in [0.3, 0.4) is 0 Å². The maximum Gasteiger partial charge on any atom is 0.253 e. The SMILES string of the molecule is O=C(C=Cc1cccs1)N(Cc1ccccn1)c1nc2c(Cl)cccc2s1. The molecule has 1 amide bonds. The van der Waals surface area contributed by atoms with Gasteiger partial charge in [0.2, 0.25) is 0 Å². The highest BCUT2D eigenvalue weighted by atomic mass is 35.5. The van der Waals surface area contributed by atoms with Crippen LogP contribution in [-0.4, -0.2) is 15.9 Å². The van der Waals surface area contributed by atoms with Gasteiger partial charge in [-0.3, -0.25) is 14.7 Å². The number of para-hydroxylation sites is 1. The van der Waals surface area contributed by atoms with E-state index in [1.54, 1.807) is 34.6 Å². The monoisotopic (exact) mass is 411 g/mol. The number of benzene rings is 1. The lowest BCUT2D eigenvalue weighted by Gasteiger charge is -2.17. The van der Waals surface area contributed by atoms with E-state index in [-0.39, 0.29) is 5.91 Å². The predicted octanol–water partition coefficient (Wildman–Crippen LogP) is 5.65. The van der Waals surface area contributed by atoms with Gasteiger partial charge in [-0.25, -0.2) is 4.98 Å². The lowest BCUT2D eigenvalue weighted by molar-refractivity contribution is -0.114. The van der Waals surface area contributed by atoms with Gasteiger partial charge in [0.25, 0.3) is 5.91 Å². The van der Waals surface area contributed by atoms with Crippen molar-refractivity contribution < 1.29 is 4.79 Å². The van der Waals surface area contributed by atoms with Crippen molar-refractivity contribution >= 4 is 61.6 Å². The molecule has 27 heavy (non-hydrogen) atoms. The molecule has 4 aromatic rings. The first-order valence-electron chi connectivity index (χ1n) is 8.19. The van der Waals surface area contributed by atoms with Crippen molar-refractivity contribution in [2.24, 2.45) is 0 Å². The molecule has 0 unspecified atom stereocenters. The minimum absolute atomic E-state index is 0.149. The normalized spacial score (nSPS) is 11.3. The molecule has 0 atom stereocenters. The summed E-state index contributed by atoms with van der Waals surface area (Å²) in [5.41, 5.74) is 1.50. The van der Waals surface area contributed by atoms with Crippen LogP contribution in [0.1, 0.15) is 10.6 Å². The zero-order valence-electron chi connectivity index (χ0n) is 14.1. The smallest absolute Gasteiger partial charge is 0.253 e. The van der Waals surface area contributed by atoms with Gasteiger partial charge in [0.1, 0.15) is 5.52 Å². The Morgan fingerprint density at radius 2 is 2.07 bits per heavy atom. The second-order valence-corrected chi connectivity index (χ2v) is 8.07. The fourth-order valence-corrected chi connectivity index (χ4v) is 4.43. The Bertz CT molecular complexity index is 1090. The lowest BCUT2D eigenvalue weighted by atomic mass is 10.3. The van der Waals surface area contributed by atoms with Crippen LogP contribution in [0.15, 0.2) is 66.2 Å². The Hall–Kier alpha value is -2.54. The molecule has 0 saturated heterocycles. The summed E-state index contributed by atoms with van der Waals surface area (Å²) in [4.78, 5) is 24.6. The summed E-state index contributed by atoms with van der Waals surface area (Å²) < 4.78 is 0.943. The first-order chi connectivity index (χ1) is 13.2. The van der Waals surface area contributed by atoms with Crippen molar-refractivity contribution in [3.05, 3.63) is 81.8 Å².